The number of anilines is 1. The summed E-state index contributed by atoms with van der Waals surface area (Å²) in [4.78, 5) is 12.0. The first-order valence-electron chi connectivity index (χ1n) is 9.60. The van der Waals surface area contributed by atoms with Crippen molar-refractivity contribution in [3.63, 3.8) is 0 Å². The van der Waals surface area contributed by atoms with Gasteiger partial charge in [0.25, 0.3) is 0 Å². The van der Waals surface area contributed by atoms with Gasteiger partial charge in [-0.15, -0.1) is 0 Å². The van der Waals surface area contributed by atoms with Crippen molar-refractivity contribution in [1.82, 2.24) is 15.3 Å². The third-order valence-corrected chi connectivity index (χ3v) is 5.19. The maximum Gasteiger partial charge on any atom is 0.150 e. The Morgan fingerprint density at radius 3 is 2.68 bits per heavy atom. The molecule has 6 heteroatoms. The van der Waals surface area contributed by atoms with Crippen LogP contribution in [-0.2, 0) is 6.42 Å². The van der Waals surface area contributed by atoms with Crippen LogP contribution >= 0.6 is 0 Å². The van der Waals surface area contributed by atoms with Crippen LogP contribution in [0.15, 0.2) is 42.5 Å². The quantitative estimate of drug-likeness (QED) is 0.737. The maximum absolute atomic E-state index is 5.35. The van der Waals surface area contributed by atoms with E-state index in [-0.39, 0.29) is 0 Å². The summed E-state index contributed by atoms with van der Waals surface area (Å²) in [6, 6.07) is 14.5. The van der Waals surface area contributed by atoms with E-state index in [1.165, 1.54) is 5.56 Å². The zero-order valence-electron chi connectivity index (χ0n) is 16.6. The fourth-order valence-electron chi connectivity index (χ4n) is 3.78. The van der Waals surface area contributed by atoms with Crippen LogP contribution in [0.1, 0.15) is 11.3 Å². The molecule has 1 atom stereocenters. The number of rotatable bonds is 5. The second kappa shape index (κ2) is 8.02. The van der Waals surface area contributed by atoms with Crippen molar-refractivity contribution < 1.29 is 9.47 Å². The number of ether oxygens (including phenoxy) is 2. The van der Waals surface area contributed by atoms with Crippen molar-refractivity contribution in [1.29, 1.82) is 0 Å². The summed E-state index contributed by atoms with van der Waals surface area (Å²) >= 11 is 0. The number of piperazine rings is 1. The smallest absolute Gasteiger partial charge is 0.150 e. The highest BCUT2D eigenvalue weighted by Crippen LogP contribution is 2.24. The van der Waals surface area contributed by atoms with Crippen molar-refractivity contribution in [2.45, 2.75) is 19.4 Å². The number of nitrogens with zero attached hydrogens (tertiary/aromatic N) is 3. The average Bonchev–Trinajstić information content (AvgIpc) is 2.73. The van der Waals surface area contributed by atoms with Crippen LogP contribution in [-0.4, -0.2) is 49.9 Å². The number of hydrogen-bond acceptors (Lipinski definition) is 6. The van der Waals surface area contributed by atoms with E-state index >= 15 is 0 Å². The lowest BCUT2D eigenvalue weighted by Crippen LogP contribution is -2.52. The lowest BCUT2D eigenvalue weighted by molar-refractivity contribution is 0.413. The molecule has 2 heterocycles. The number of benzene rings is 2. The molecule has 4 rings (SSSR count). The van der Waals surface area contributed by atoms with Crippen LogP contribution in [0, 0.1) is 6.92 Å². The van der Waals surface area contributed by atoms with E-state index in [0.29, 0.717) is 6.04 Å². The number of methoxy groups -OCH3 is 2. The Morgan fingerprint density at radius 2 is 1.86 bits per heavy atom. The van der Waals surface area contributed by atoms with Gasteiger partial charge in [-0.1, -0.05) is 12.1 Å². The molecule has 0 aliphatic carbocycles. The second-order valence-corrected chi connectivity index (χ2v) is 7.14. The third kappa shape index (κ3) is 3.87. The highest BCUT2D eigenvalue weighted by atomic mass is 16.5. The first-order chi connectivity index (χ1) is 13.7. The summed E-state index contributed by atoms with van der Waals surface area (Å²) in [5.74, 6) is 2.67. The standard InChI is InChI=1S/C22H26N4O2/c1-15-22(25-20-8-7-19(28-3)13-21(20)24-15)26-10-9-23-17(14-26)11-16-5-4-6-18(12-16)27-2/h4-8,12-13,17,23H,9-11,14H2,1-3H3. The molecule has 0 bridgehead atoms. The molecule has 1 aliphatic rings. The van der Waals surface area contributed by atoms with Crippen LogP contribution in [0.25, 0.3) is 11.0 Å². The Morgan fingerprint density at radius 1 is 1.04 bits per heavy atom. The van der Waals surface area contributed by atoms with Gasteiger partial charge in [0.1, 0.15) is 11.5 Å². The lowest BCUT2D eigenvalue weighted by atomic mass is 10.0. The largest absolute Gasteiger partial charge is 0.497 e. The van der Waals surface area contributed by atoms with E-state index < -0.39 is 0 Å². The fraction of sp³-hybridized carbons (Fsp3) is 0.364. The highest BCUT2D eigenvalue weighted by Gasteiger charge is 2.23. The summed E-state index contributed by atoms with van der Waals surface area (Å²) in [5.41, 5.74) is 3.97. The maximum atomic E-state index is 5.35. The molecule has 28 heavy (non-hydrogen) atoms. The zero-order chi connectivity index (χ0) is 19.5. The average molecular weight is 378 g/mol. The third-order valence-electron chi connectivity index (χ3n) is 5.19. The van der Waals surface area contributed by atoms with Crippen LogP contribution in [0.4, 0.5) is 5.82 Å². The Balaban J connectivity index is 1.54. The highest BCUT2D eigenvalue weighted by molar-refractivity contribution is 5.78. The van der Waals surface area contributed by atoms with E-state index in [9.17, 15) is 0 Å². The van der Waals surface area contributed by atoms with Crippen LogP contribution in [0.2, 0.25) is 0 Å². The molecular formula is C22H26N4O2. The molecule has 1 N–H and O–H groups in total. The first kappa shape index (κ1) is 18.5. The molecule has 1 aliphatic heterocycles. The van der Waals surface area contributed by atoms with E-state index in [0.717, 1.165) is 60.1 Å². The van der Waals surface area contributed by atoms with Gasteiger partial charge in [-0.3, -0.25) is 0 Å². The van der Waals surface area contributed by atoms with E-state index in [1.54, 1.807) is 14.2 Å². The molecule has 1 saturated heterocycles. The number of fused-ring (bicyclic) bond motifs is 1. The second-order valence-electron chi connectivity index (χ2n) is 7.14. The SMILES string of the molecule is COc1cccc(CC2CN(c3nc4ccc(OC)cc4nc3C)CCN2)c1. The zero-order valence-corrected chi connectivity index (χ0v) is 16.6. The van der Waals surface area contributed by atoms with E-state index in [2.05, 4.69) is 22.3 Å². The van der Waals surface area contributed by atoms with Gasteiger partial charge >= 0.3 is 0 Å². The van der Waals surface area contributed by atoms with Crippen molar-refractivity contribution in [3.05, 3.63) is 53.7 Å². The van der Waals surface area contributed by atoms with E-state index in [4.69, 9.17) is 19.4 Å². The number of aromatic nitrogens is 2. The minimum atomic E-state index is 0.355. The van der Waals surface area contributed by atoms with Crippen molar-refractivity contribution >= 4 is 16.9 Å². The van der Waals surface area contributed by atoms with Gasteiger partial charge in [-0.2, -0.15) is 0 Å². The number of aryl methyl sites for hydroxylation is 1. The topological polar surface area (TPSA) is 59.5 Å². The Labute approximate surface area is 165 Å². The molecule has 6 nitrogen and oxygen atoms in total. The minimum Gasteiger partial charge on any atom is -0.497 e. The molecule has 0 saturated carbocycles. The normalized spacial score (nSPS) is 17.0. The Bertz CT molecular complexity index is 976. The number of nitrogens with one attached hydrogen (secondary N) is 1. The molecule has 3 aromatic rings. The summed E-state index contributed by atoms with van der Waals surface area (Å²) < 4.78 is 10.7. The monoisotopic (exact) mass is 378 g/mol. The van der Waals surface area contributed by atoms with Gasteiger partial charge in [-0.05, 0) is 43.2 Å². The molecule has 1 aromatic heterocycles. The van der Waals surface area contributed by atoms with Crippen molar-refractivity contribution in [3.8, 4) is 11.5 Å². The van der Waals surface area contributed by atoms with Crippen LogP contribution < -0.4 is 19.7 Å². The van der Waals surface area contributed by atoms with Crippen molar-refractivity contribution in [2.24, 2.45) is 0 Å². The van der Waals surface area contributed by atoms with Crippen molar-refractivity contribution in [2.75, 3.05) is 38.8 Å². The molecule has 2 aromatic carbocycles. The van der Waals surface area contributed by atoms with Gasteiger partial charge in [0.2, 0.25) is 0 Å². The molecule has 0 radical (unpaired) electrons. The van der Waals surface area contributed by atoms with Gasteiger partial charge < -0.3 is 19.7 Å². The van der Waals surface area contributed by atoms with Gasteiger partial charge in [-0.25, -0.2) is 9.97 Å². The molecule has 1 unspecified atom stereocenters. The molecule has 1 fully saturated rings. The van der Waals surface area contributed by atoms with E-state index in [1.807, 2.05) is 37.3 Å². The fourth-order valence-corrected chi connectivity index (χ4v) is 3.78. The molecule has 146 valence electrons. The summed E-state index contributed by atoms with van der Waals surface area (Å²) in [6.45, 7) is 4.77. The Hall–Kier alpha value is -2.86. The summed E-state index contributed by atoms with van der Waals surface area (Å²) in [6.07, 6.45) is 0.949. The number of hydrogen-bond donors (Lipinski definition) is 1. The van der Waals surface area contributed by atoms with Gasteiger partial charge in [0.05, 0.1) is 30.9 Å². The first-order valence-corrected chi connectivity index (χ1v) is 9.60. The minimum absolute atomic E-state index is 0.355. The molecule has 0 spiro atoms. The van der Waals surface area contributed by atoms with Gasteiger partial charge in [0.15, 0.2) is 5.82 Å². The molecular weight excluding hydrogens is 352 g/mol. The van der Waals surface area contributed by atoms with Crippen LogP contribution in [0.3, 0.4) is 0 Å². The predicted molar refractivity (Wildman–Crippen MR) is 112 cm³/mol. The predicted octanol–water partition coefficient (Wildman–Crippen LogP) is 2.98. The molecule has 0 amide bonds. The lowest BCUT2D eigenvalue weighted by Gasteiger charge is -2.35. The summed E-state index contributed by atoms with van der Waals surface area (Å²) in [7, 11) is 3.37. The van der Waals surface area contributed by atoms with Crippen LogP contribution in [0.5, 0.6) is 11.5 Å². The van der Waals surface area contributed by atoms with Gasteiger partial charge in [0, 0.05) is 31.7 Å². The Kier molecular flexibility index (Phi) is 5.30. The summed E-state index contributed by atoms with van der Waals surface area (Å²) in [5, 5.41) is 3.63.